The summed E-state index contributed by atoms with van der Waals surface area (Å²) in [6.45, 7) is 5.86. The van der Waals surface area contributed by atoms with Crippen molar-refractivity contribution in [3.8, 4) is 6.07 Å². The summed E-state index contributed by atoms with van der Waals surface area (Å²) < 4.78 is 0. The second kappa shape index (κ2) is 8.52. The molecule has 0 radical (unpaired) electrons. The van der Waals surface area contributed by atoms with Gasteiger partial charge < -0.3 is 5.32 Å². The molecule has 1 N–H and O–H groups in total. The van der Waals surface area contributed by atoms with E-state index in [4.69, 9.17) is 28.5 Å². The Labute approximate surface area is 132 Å². The zero-order valence-electron chi connectivity index (χ0n) is 12.2. The molecule has 0 aliphatic rings. The summed E-state index contributed by atoms with van der Waals surface area (Å²) in [5.74, 6) is 0. The average Bonchev–Trinajstić information content (AvgIpc) is 2.40. The molecule has 0 aliphatic heterocycles. The van der Waals surface area contributed by atoms with Crippen molar-refractivity contribution in [2.24, 2.45) is 5.41 Å². The fraction of sp³-hybridized carbons (Fsp3) is 0.562. The lowest BCUT2D eigenvalue weighted by atomic mass is 9.89. The highest BCUT2D eigenvalue weighted by molar-refractivity contribution is 6.35. The molecule has 0 amide bonds. The summed E-state index contributed by atoms with van der Waals surface area (Å²) in [7, 11) is 0. The van der Waals surface area contributed by atoms with Crippen molar-refractivity contribution in [2.45, 2.75) is 39.5 Å². The van der Waals surface area contributed by atoms with Gasteiger partial charge in [0.25, 0.3) is 0 Å². The summed E-state index contributed by atoms with van der Waals surface area (Å²) >= 11 is 12.0. The Kier molecular flexibility index (Phi) is 7.37. The number of unbranched alkanes of at least 4 members (excludes halogenated alkanes) is 1. The molecule has 0 fully saturated rings. The monoisotopic (exact) mass is 312 g/mol. The van der Waals surface area contributed by atoms with Gasteiger partial charge in [-0.1, -0.05) is 35.7 Å². The zero-order valence-corrected chi connectivity index (χ0v) is 13.7. The Morgan fingerprint density at radius 1 is 1.20 bits per heavy atom. The molecule has 0 unspecified atom stereocenters. The lowest BCUT2D eigenvalue weighted by Gasteiger charge is -2.14. The number of halogens is 2. The van der Waals surface area contributed by atoms with Crippen LogP contribution >= 0.6 is 23.2 Å². The standard InChI is InChI=1S/C16H22Cl2N2/c1-16(2,12-19)8-3-4-9-20-10-7-13-5-6-14(17)11-15(13)18/h5-6,11,20H,3-4,7-10H2,1-2H3. The first kappa shape index (κ1) is 17.3. The number of nitrogens with one attached hydrogen (secondary N) is 1. The van der Waals surface area contributed by atoms with Crippen LogP contribution in [0.2, 0.25) is 10.0 Å². The zero-order chi connectivity index (χ0) is 15.0. The SMILES string of the molecule is CC(C)(C#N)CCCCNCCc1ccc(Cl)cc1Cl. The van der Waals surface area contributed by atoms with Crippen molar-refractivity contribution in [2.75, 3.05) is 13.1 Å². The van der Waals surface area contributed by atoms with E-state index < -0.39 is 0 Å². The van der Waals surface area contributed by atoms with Gasteiger partial charge in [-0.3, -0.25) is 0 Å². The predicted octanol–water partition coefficient (Wildman–Crippen LogP) is 4.85. The van der Waals surface area contributed by atoms with Crippen molar-refractivity contribution in [3.63, 3.8) is 0 Å². The molecular formula is C16H22Cl2N2. The maximum absolute atomic E-state index is 8.92. The van der Waals surface area contributed by atoms with E-state index in [0.717, 1.165) is 49.4 Å². The van der Waals surface area contributed by atoms with Crippen LogP contribution in [0.4, 0.5) is 0 Å². The third-order valence-corrected chi connectivity index (χ3v) is 3.88. The smallest absolute Gasteiger partial charge is 0.0683 e. The Balaban J connectivity index is 2.12. The largest absolute Gasteiger partial charge is 0.316 e. The van der Waals surface area contributed by atoms with E-state index in [1.807, 2.05) is 26.0 Å². The van der Waals surface area contributed by atoms with Gasteiger partial charge in [-0.05, 0) is 63.9 Å². The van der Waals surface area contributed by atoms with Crippen LogP contribution in [0.25, 0.3) is 0 Å². The number of benzene rings is 1. The second-order valence-electron chi connectivity index (χ2n) is 5.69. The van der Waals surface area contributed by atoms with Crippen LogP contribution < -0.4 is 5.32 Å². The van der Waals surface area contributed by atoms with E-state index >= 15 is 0 Å². The van der Waals surface area contributed by atoms with Crippen molar-refractivity contribution in [1.82, 2.24) is 5.32 Å². The van der Waals surface area contributed by atoms with Crippen molar-refractivity contribution >= 4 is 23.2 Å². The van der Waals surface area contributed by atoms with Gasteiger partial charge in [0.2, 0.25) is 0 Å². The number of hydrogen-bond acceptors (Lipinski definition) is 2. The molecule has 20 heavy (non-hydrogen) atoms. The van der Waals surface area contributed by atoms with Crippen LogP contribution in [-0.2, 0) is 6.42 Å². The third kappa shape index (κ3) is 6.61. The lowest BCUT2D eigenvalue weighted by molar-refractivity contribution is 0.423. The summed E-state index contributed by atoms with van der Waals surface area (Å²) in [5, 5.41) is 13.7. The highest BCUT2D eigenvalue weighted by Gasteiger charge is 2.15. The number of nitriles is 1. The van der Waals surface area contributed by atoms with E-state index in [-0.39, 0.29) is 5.41 Å². The molecule has 0 bridgehead atoms. The topological polar surface area (TPSA) is 35.8 Å². The lowest BCUT2D eigenvalue weighted by Crippen LogP contribution is -2.19. The fourth-order valence-electron chi connectivity index (χ4n) is 1.95. The minimum atomic E-state index is -0.198. The van der Waals surface area contributed by atoms with Gasteiger partial charge in [-0.2, -0.15) is 5.26 Å². The molecule has 4 heteroatoms. The van der Waals surface area contributed by atoms with E-state index in [2.05, 4.69) is 11.4 Å². The Bertz CT molecular complexity index is 464. The van der Waals surface area contributed by atoms with Crippen LogP contribution in [0.5, 0.6) is 0 Å². The molecule has 1 rings (SSSR count). The molecular weight excluding hydrogens is 291 g/mol. The van der Waals surface area contributed by atoms with Gasteiger partial charge in [0.05, 0.1) is 11.5 Å². The first-order chi connectivity index (χ1) is 9.44. The van der Waals surface area contributed by atoms with Crippen molar-refractivity contribution in [1.29, 1.82) is 5.26 Å². The maximum atomic E-state index is 8.92. The molecule has 0 spiro atoms. The molecule has 1 aromatic carbocycles. The number of rotatable bonds is 8. The van der Waals surface area contributed by atoms with Crippen LogP contribution in [0.3, 0.4) is 0 Å². The molecule has 0 atom stereocenters. The summed E-state index contributed by atoms with van der Waals surface area (Å²) in [6.07, 6.45) is 4.03. The molecule has 0 saturated carbocycles. The highest BCUT2D eigenvalue weighted by atomic mass is 35.5. The Morgan fingerprint density at radius 2 is 1.95 bits per heavy atom. The number of nitrogens with zero attached hydrogens (tertiary/aromatic N) is 1. The molecule has 110 valence electrons. The minimum absolute atomic E-state index is 0.198. The van der Waals surface area contributed by atoms with E-state index in [1.54, 1.807) is 6.07 Å². The van der Waals surface area contributed by atoms with Gasteiger partial charge in [0, 0.05) is 10.0 Å². The summed E-state index contributed by atoms with van der Waals surface area (Å²) in [6, 6.07) is 7.95. The highest BCUT2D eigenvalue weighted by Crippen LogP contribution is 2.22. The average molecular weight is 313 g/mol. The van der Waals surface area contributed by atoms with E-state index in [1.165, 1.54) is 0 Å². The molecule has 1 aromatic rings. The van der Waals surface area contributed by atoms with Crippen LogP contribution in [0.1, 0.15) is 38.7 Å². The van der Waals surface area contributed by atoms with Crippen LogP contribution in [-0.4, -0.2) is 13.1 Å². The summed E-state index contributed by atoms with van der Waals surface area (Å²) in [4.78, 5) is 0. The summed E-state index contributed by atoms with van der Waals surface area (Å²) in [5.41, 5.74) is 0.922. The Morgan fingerprint density at radius 3 is 2.60 bits per heavy atom. The van der Waals surface area contributed by atoms with Gasteiger partial charge in [-0.15, -0.1) is 0 Å². The molecule has 0 aromatic heterocycles. The fourth-order valence-corrected chi connectivity index (χ4v) is 2.45. The first-order valence-corrected chi connectivity index (χ1v) is 7.76. The maximum Gasteiger partial charge on any atom is 0.0683 e. The van der Waals surface area contributed by atoms with Gasteiger partial charge in [-0.25, -0.2) is 0 Å². The van der Waals surface area contributed by atoms with E-state index in [0.29, 0.717) is 5.02 Å². The Hall–Kier alpha value is -0.750. The first-order valence-electron chi connectivity index (χ1n) is 7.00. The second-order valence-corrected chi connectivity index (χ2v) is 6.53. The minimum Gasteiger partial charge on any atom is -0.316 e. The quantitative estimate of drug-likeness (QED) is 0.697. The van der Waals surface area contributed by atoms with Gasteiger partial charge >= 0.3 is 0 Å². The molecule has 0 saturated heterocycles. The van der Waals surface area contributed by atoms with Crippen LogP contribution in [0, 0.1) is 16.7 Å². The third-order valence-electron chi connectivity index (χ3n) is 3.29. The molecule has 0 aliphatic carbocycles. The van der Waals surface area contributed by atoms with Gasteiger partial charge in [0.1, 0.15) is 0 Å². The number of hydrogen-bond donors (Lipinski definition) is 1. The molecule has 2 nitrogen and oxygen atoms in total. The van der Waals surface area contributed by atoms with Crippen molar-refractivity contribution < 1.29 is 0 Å². The predicted molar refractivity (Wildman–Crippen MR) is 86.3 cm³/mol. The van der Waals surface area contributed by atoms with Crippen LogP contribution in [0.15, 0.2) is 18.2 Å². The normalized spacial score (nSPS) is 11.3. The van der Waals surface area contributed by atoms with Crippen molar-refractivity contribution in [3.05, 3.63) is 33.8 Å². The molecule has 0 heterocycles. The van der Waals surface area contributed by atoms with Gasteiger partial charge in [0.15, 0.2) is 0 Å². The van der Waals surface area contributed by atoms with E-state index in [9.17, 15) is 0 Å².